The van der Waals surface area contributed by atoms with Crippen LogP contribution in [0.4, 0.5) is 0 Å². The van der Waals surface area contributed by atoms with Crippen LogP contribution in [0.2, 0.25) is 0 Å². The van der Waals surface area contributed by atoms with Crippen molar-refractivity contribution in [1.82, 2.24) is 19.2 Å². The van der Waals surface area contributed by atoms with Crippen LogP contribution < -0.4 is 0 Å². The van der Waals surface area contributed by atoms with Crippen molar-refractivity contribution in [2.75, 3.05) is 19.8 Å². The standard InChI is InChI=1S/C15H20N4O2/c1-3-18-10-12(9-16-18)15(20)19-7-8-21-11-14(19)13-5-4-6-17(13)2/h4-6,9-10,14H,3,7-8,11H2,1-2H3/t14-/m1/s1. The first-order chi connectivity index (χ1) is 10.2. The predicted octanol–water partition coefficient (Wildman–Crippen LogP) is 1.46. The molecule has 1 saturated heterocycles. The van der Waals surface area contributed by atoms with E-state index in [2.05, 4.69) is 5.10 Å². The monoisotopic (exact) mass is 288 g/mol. The van der Waals surface area contributed by atoms with E-state index in [9.17, 15) is 4.79 Å². The van der Waals surface area contributed by atoms with Crippen molar-refractivity contribution in [3.05, 3.63) is 42.0 Å². The number of hydrogen-bond donors (Lipinski definition) is 0. The number of morpholine rings is 1. The third-order valence-electron chi connectivity index (χ3n) is 3.92. The molecule has 6 nitrogen and oxygen atoms in total. The number of hydrogen-bond acceptors (Lipinski definition) is 3. The Morgan fingerprint density at radius 3 is 3.05 bits per heavy atom. The van der Waals surface area contributed by atoms with Crippen molar-refractivity contribution in [2.24, 2.45) is 7.05 Å². The number of rotatable bonds is 3. The molecule has 3 heterocycles. The molecule has 0 spiro atoms. The van der Waals surface area contributed by atoms with Gasteiger partial charge in [-0.3, -0.25) is 9.48 Å². The van der Waals surface area contributed by atoms with Gasteiger partial charge in [0.05, 0.1) is 31.0 Å². The van der Waals surface area contributed by atoms with Crippen molar-refractivity contribution in [3.8, 4) is 0 Å². The van der Waals surface area contributed by atoms with E-state index in [1.54, 1.807) is 17.1 Å². The SMILES string of the molecule is CCn1cc(C(=O)N2CCOC[C@@H]2c2cccn2C)cn1. The highest BCUT2D eigenvalue weighted by Gasteiger charge is 2.31. The Morgan fingerprint density at radius 2 is 2.38 bits per heavy atom. The molecule has 0 radical (unpaired) electrons. The van der Waals surface area contributed by atoms with Gasteiger partial charge < -0.3 is 14.2 Å². The van der Waals surface area contributed by atoms with Crippen LogP contribution in [0.25, 0.3) is 0 Å². The lowest BCUT2D eigenvalue weighted by Gasteiger charge is -2.35. The second-order valence-electron chi connectivity index (χ2n) is 5.22. The number of ether oxygens (including phenoxy) is 1. The summed E-state index contributed by atoms with van der Waals surface area (Å²) in [5, 5.41) is 4.19. The lowest BCUT2D eigenvalue weighted by atomic mass is 10.1. The third kappa shape index (κ3) is 2.58. The molecule has 21 heavy (non-hydrogen) atoms. The minimum atomic E-state index is -0.0452. The van der Waals surface area contributed by atoms with E-state index in [1.807, 2.05) is 41.8 Å². The topological polar surface area (TPSA) is 52.3 Å². The van der Waals surface area contributed by atoms with Crippen molar-refractivity contribution in [3.63, 3.8) is 0 Å². The molecule has 0 bridgehead atoms. The Kier molecular flexibility index (Phi) is 3.79. The van der Waals surface area contributed by atoms with Crippen molar-refractivity contribution in [1.29, 1.82) is 0 Å². The summed E-state index contributed by atoms with van der Waals surface area (Å²) < 4.78 is 9.38. The number of carbonyl (C=O) groups is 1. The second-order valence-corrected chi connectivity index (χ2v) is 5.22. The third-order valence-corrected chi connectivity index (χ3v) is 3.92. The van der Waals surface area contributed by atoms with E-state index in [-0.39, 0.29) is 11.9 Å². The van der Waals surface area contributed by atoms with Gasteiger partial charge in [-0.05, 0) is 19.1 Å². The molecule has 0 unspecified atom stereocenters. The van der Waals surface area contributed by atoms with Gasteiger partial charge in [0.2, 0.25) is 0 Å². The summed E-state index contributed by atoms with van der Waals surface area (Å²) in [6.07, 6.45) is 5.44. The molecule has 112 valence electrons. The molecule has 0 N–H and O–H groups in total. The van der Waals surface area contributed by atoms with Crippen LogP contribution >= 0.6 is 0 Å². The molecule has 1 amide bonds. The van der Waals surface area contributed by atoms with Gasteiger partial charge >= 0.3 is 0 Å². The van der Waals surface area contributed by atoms with E-state index < -0.39 is 0 Å². The maximum Gasteiger partial charge on any atom is 0.257 e. The molecule has 0 saturated carbocycles. The van der Waals surface area contributed by atoms with Crippen LogP contribution in [0.1, 0.15) is 29.0 Å². The van der Waals surface area contributed by atoms with Gasteiger partial charge in [0.25, 0.3) is 5.91 Å². The average molecular weight is 288 g/mol. The normalized spacial score (nSPS) is 19.0. The predicted molar refractivity (Wildman–Crippen MR) is 77.9 cm³/mol. The van der Waals surface area contributed by atoms with E-state index >= 15 is 0 Å². The van der Waals surface area contributed by atoms with E-state index in [0.29, 0.717) is 25.3 Å². The van der Waals surface area contributed by atoms with Gasteiger partial charge in [0, 0.05) is 38.2 Å². The fraction of sp³-hybridized carbons (Fsp3) is 0.467. The Hall–Kier alpha value is -2.08. The molecule has 0 aliphatic carbocycles. The zero-order valence-corrected chi connectivity index (χ0v) is 12.4. The molecule has 0 aromatic carbocycles. The van der Waals surface area contributed by atoms with Crippen LogP contribution in [-0.4, -0.2) is 44.9 Å². The first-order valence-electron chi connectivity index (χ1n) is 7.23. The Bertz CT molecular complexity index is 631. The molecule has 2 aromatic heterocycles. The second kappa shape index (κ2) is 5.73. The highest BCUT2D eigenvalue weighted by molar-refractivity contribution is 5.94. The van der Waals surface area contributed by atoms with Crippen molar-refractivity contribution >= 4 is 5.91 Å². The summed E-state index contributed by atoms with van der Waals surface area (Å²) >= 11 is 0. The molecular weight excluding hydrogens is 268 g/mol. The zero-order valence-electron chi connectivity index (χ0n) is 12.4. The highest BCUT2D eigenvalue weighted by atomic mass is 16.5. The molecular formula is C15H20N4O2. The summed E-state index contributed by atoms with van der Waals surface area (Å²) in [5.41, 5.74) is 1.73. The van der Waals surface area contributed by atoms with Crippen LogP contribution in [0.15, 0.2) is 30.7 Å². The van der Waals surface area contributed by atoms with Gasteiger partial charge in [-0.1, -0.05) is 0 Å². The molecule has 1 aliphatic rings. The maximum absolute atomic E-state index is 12.8. The molecule has 2 aromatic rings. The van der Waals surface area contributed by atoms with Crippen molar-refractivity contribution < 1.29 is 9.53 Å². The first-order valence-corrected chi connectivity index (χ1v) is 7.23. The number of carbonyl (C=O) groups excluding carboxylic acids is 1. The summed E-state index contributed by atoms with van der Waals surface area (Å²) in [6.45, 7) is 4.48. The Labute approximate surface area is 123 Å². The molecule has 1 aliphatic heterocycles. The fourth-order valence-corrected chi connectivity index (χ4v) is 2.73. The molecule has 3 rings (SSSR count). The first kappa shape index (κ1) is 13.9. The summed E-state index contributed by atoms with van der Waals surface area (Å²) in [7, 11) is 1.99. The van der Waals surface area contributed by atoms with Gasteiger partial charge in [-0.15, -0.1) is 0 Å². The largest absolute Gasteiger partial charge is 0.377 e. The van der Waals surface area contributed by atoms with Gasteiger partial charge in [0.1, 0.15) is 0 Å². The molecule has 1 atom stereocenters. The number of amides is 1. The van der Waals surface area contributed by atoms with Gasteiger partial charge in [0.15, 0.2) is 0 Å². The Morgan fingerprint density at radius 1 is 1.52 bits per heavy atom. The highest BCUT2D eigenvalue weighted by Crippen LogP contribution is 2.25. The van der Waals surface area contributed by atoms with E-state index in [4.69, 9.17) is 4.74 Å². The lowest BCUT2D eigenvalue weighted by molar-refractivity contribution is -0.00463. The van der Waals surface area contributed by atoms with E-state index in [1.165, 1.54) is 0 Å². The maximum atomic E-state index is 12.8. The minimum absolute atomic E-state index is 0.0178. The van der Waals surface area contributed by atoms with Crippen molar-refractivity contribution in [2.45, 2.75) is 19.5 Å². The zero-order chi connectivity index (χ0) is 14.8. The van der Waals surface area contributed by atoms with Gasteiger partial charge in [-0.25, -0.2) is 0 Å². The lowest BCUT2D eigenvalue weighted by Crippen LogP contribution is -2.44. The van der Waals surface area contributed by atoms with E-state index in [0.717, 1.165) is 12.2 Å². The number of aromatic nitrogens is 3. The van der Waals surface area contributed by atoms with Crippen LogP contribution in [0.5, 0.6) is 0 Å². The number of nitrogens with zero attached hydrogens (tertiary/aromatic N) is 4. The minimum Gasteiger partial charge on any atom is -0.377 e. The number of aryl methyl sites for hydroxylation is 2. The fourth-order valence-electron chi connectivity index (χ4n) is 2.73. The van der Waals surface area contributed by atoms with Crippen LogP contribution in [0, 0.1) is 0 Å². The quantitative estimate of drug-likeness (QED) is 0.859. The molecule has 1 fully saturated rings. The van der Waals surface area contributed by atoms with Gasteiger partial charge in [-0.2, -0.15) is 5.10 Å². The average Bonchev–Trinajstić information content (AvgIpc) is 3.15. The van der Waals surface area contributed by atoms with Crippen LogP contribution in [0.3, 0.4) is 0 Å². The summed E-state index contributed by atoms with van der Waals surface area (Å²) in [4.78, 5) is 14.6. The summed E-state index contributed by atoms with van der Waals surface area (Å²) in [5.74, 6) is 0.0178. The molecule has 6 heteroatoms. The van der Waals surface area contributed by atoms with Crippen LogP contribution in [-0.2, 0) is 18.3 Å². The Balaban J connectivity index is 1.87. The summed E-state index contributed by atoms with van der Waals surface area (Å²) in [6, 6.07) is 3.98. The smallest absolute Gasteiger partial charge is 0.257 e.